The maximum Gasteiger partial charge on any atom is 0.257 e. The number of nitrogens with zero attached hydrogens (tertiary/aromatic N) is 3. The highest BCUT2D eigenvalue weighted by molar-refractivity contribution is 6.31. The number of aromatic nitrogens is 2. The van der Waals surface area contributed by atoms with Gasteiger partial charge in [0.25, 0.3) is 5.91 Å². The number of likely N-dealkylation sites (tertiary alicyclic amines) is 1. The molecular formula is C22H25ClFN5O3. The maximum atomic E-state index is 13.9. The Balaban J connectivity index is 1.54. The van der Waals surface area contributed by atoms with E-state index in [0.29, 0.717) is 40.9 Å². The van der Waals surface area contributed by atoms with Crippen molar-refractivity contribution in [2.45, 2.75) is 38.3 Å². The topological polar surface area (TPSA) is 111 Å². The minimum atomic E-state index is -0.506. The smallest absolute Gasteiger partial charge is 0.257 e. The van der Waals surface area contributed by atoms with E-state index in [4.69, 9.17) is 21.7 Å². The molecule has 3 N–H and O–H groups in total. The molecule has 2 aliphatic rings. The van der Waals surface area contributed by atoms with Crippen molar-refractivity contribution in [3.8, 4) is 5.75 Å². The van der Waals surface area contributed by atoms with Crippen molar-refractivity contribution in [1.82, 2.24) is 20.2 Å². The Morgan fingerprint density at radius 3 is 2.75 bits per heavy atom. The molecule has 3 heterocycles. The summed E-state index contributed by atoms with van der Waals surface area (Å²) in [5, 5.41) is 21.3. The molecular weight excluding hydrogens is 437 g/mol. The Bertz CT molecular complexity index is 1040. The van der Waals surface area contributed by atoms with Gasteiger partial charge in [0.2, 0.25) is 0 Å². The normalized spacial score (nSPS) is 23.1. The van der Waals surface area contributed by atoms with E-state index in [1.165, 1.54) is 23.1 Å². The van der Waals surface area contributed by atoms with Crippen LogP contribution in [0.25, 0.3) is 0 Å². The van der Waals surface area contributed by atoms with E-state index in [1.807, 2.05) is 0 Å². The molecule has 2 aromatic rings. The number of aliphatic hydroxyl groups excluding tert-OH is 1. The molecule has 0 saturated carbocycles. The second-order valence-electron chi connectivity index (χ2n) is 8.23. The van der Waals surface area contributed by atoms with Gasteiger partial charge in [-0.1, -0.05) is 11.6 Å². The third-order valence-electron chi connectivity index (χ3n) is 5.85. The van der Waals surface area contributed by atoms with Gasteiger partial charge in [-0.2, -0.15) is 0 Å². The van der Waals surface area contributed by atoms with Crippen molar-refractivity contribution in [1.29, 1.82) is 5.41 Å². The zero-order valence-electron chi connectivity index (χ0n) is 17.9. The number of hydrogen-bond acceptors (Lipinski definition) is 7. The van der Waals surface area contributed by atoms with Crippen LogP contribution in [0.3, 0.4) is 0 Å². The molecule has 3 unspecified atom stereocenters. The van der Waals surface area contributed by atoms with Crippen molar-refractivity contribution in [3.63, 3.8) is 0 Å². The SMILES string of the molecule is Cc1nc(C2CN(C(=O)c3ccc(F)cc3OC3CNC(CO)C3)CC2=N)nc(C)c1Cl. The number of carbonyl (C=O) groups is 1. The Morgan fingerprint density at radius 2 is 2.09 bits per heavy atom. The number of hydrogen-bond donors (Lipinski definition) is 3. The van der Waals surface area contributed by atoms with Gasteiger partial charge in [0.15, 0.2) is 0 Å². The molecule has 0 aliphatic carbocycles. The van der Waals surface area contributed by atoms with Gasteiger partial charge in [-0.25, -0.2) is 14.4 Å². The fourth-order valence-electron chi connectivity index (χ4n) is 4.12. The van der Waals surface area contributed by atoms with E-state index in [1.54, 1.807) is 13.8 Å². The van der Waals surface area contributed by atoms with Crippen LogP contribution in [0.1, 0.15) is 39.9 Å². The number of halogens is 2. The van der Waals surface area contributed by atoms with E-state index >= 15 is 0 Å². The zero-order chi connectivity index (χ0) is 23.0. The van der Waals surface area contributed by atoms with Gasteiger partial charge in [-0.3, -0.25) is 4.79 Å². The second kappa shape index (κ2) is 9.09. The van der Waals surface area contributed by atoms with E-state index in [-0.39, 0.29) is 49.1 Å². The number of rotatable bonds is 5. The average Bonchev–Trinajstić information content (AvgIpc) is 3.37. The summed E-state index contributed by atoms with van der Waals surface area (Å²) in [5.74, 6) is -0.659. The maximum absolute atomic E-state index is 13.9. The largest absolute Gasteiger partial charge is 0.488 e. The Labute approximate surface area is 190 Å². The second-order valence-corrected chi connectivity index (χ2v) is 8.61. The molecule has 0 spiro atoms. The predicted molar refractivity (Wildman–Crippen MR) is 117 cm³/mol. The number of aliphatic hydroxyl groups is 1. The Kier molecular flexibility index (Phi) is 6.41. The minimum absolute atomic E-state index is 0.0161. The zero-order valence-corrected chi connectivity index (χ0v) is 18.6. The van der Waals surface area contributed by atoms with Crippen LogP contribution in [0.15, 0.2) is 18.2 Å². The summed E-state index contributed by atoms with van der Waals surface area (Å²) in [5.41, 5.74) is 1.83. The van der Waals surface area contributed by atoms with E-state index in [9.17, 15) is 14.3 Å². The number of ether oxygens (including phenoxy) is 1. The van der Waals surface area contributed by atoms with Gasteiger partial charge in [-0.05, 0) is 26.0 Å². The number of amides is 1. The summed E-state index contributed by atoms with van der Waals surface area (Å²) in [4.78, 5) is 23.7. The van der Waals surface area contributed by atoms with Crippen molar-refractivity contribution in [3.05, 3.63) is 51.8 Å². The van der Waals surface area contributed by atoms with Crippen LogP contribution in [0.2, 0.25) is 5.02 Å². The summed E-state index contributed by atoms with van der Waals surface area (Å²) in [6.07, 6.45) is 0.280. The molecule has 2 saturated heterocycles. The van der Waals surface area contributed by atoms with Gasteiger partial charge < -0.3 is 25.5 Å². The lowest BCUT2D eigenvalue weighted by Gasteiger charge is -2.20. The summed E-state index contributed by atoms with van der Waals surface area (Å²) >= 11 is 6.16. The molecule has 1 amide bonds. The fraction of sp³-hybridized carbons (Fsp3) is 0.455. The molecule has 10 heteroatoms. The van der Waals surface area contributed by atoms with Gasteiger partial charge >= 0.3 is 0 Å². The van der Waals surface area contributed by atoms with Crippen molar-refractivity contribution >= 4 is 23.2 Å². The molecule has 8 nitrogen and oxygen atoms in total. The molecule has 170 valence electrons. The van der Waals surface area contributed by atoms with E-state index < -0.39 is 11.7 Å². The lowest BCUT2D eigenvalue weighted by Crippen LogP contribution is -2.30. The summed E-state index contributed by atoms with van der Waals surface area (Å²) in [6, 6.07) is 3.74. The monoisotopic (exact) mass is 461 g/mol. The van der Waals surface area contributed by atoms with Crippen molar-refractivity contribution in [2.75, 3.05) is 26.2 Å². The first-order valence-electron chi connectivity index (χ1n) is 10.4. The van der Waals surface area contributed by atoms with Gasteiger partial charge in [-0.15, -0.1) is 0 Å². The van der Waals surface area contributed by atoms with Crippen LogP contribution in [0.5, 0.6) is 5.75 Å². The van der Waals surface area contributed by atoms with Crippen molar-refractivity contribution < 1.29 is 19.0 Å². The van der Waals surface area contributed by atoms with E-state index in [2.05, 4.69) is 15.3 Å². The highest BCUT2D eigenvalue weighted by Crippen LogP contribution is 2.30. The highest BCUT2D eigenvalue weighted by Gasteiger charge is 2.36. The first-order chi connectivity index (χ1) is 15.3. The molecule has 1 aromatic carbocycles. The van der Waals surface area contributed by atoms with Crippen LogP contribution >= 0.6 is 11.6 Å². The van der Waals surface area contributed by atoms with Crippen LogP contribution in [-0.2, 0) is 0 Å². The van der Waals surface area contributed by atoms with E-state index in [0.717, 1.165) is 0 Å². The van der Waals surface area contributed by atoms with Gasteiger partial charge in [0, 0.05) is 37.3 Å². The lowest BCUT2D eigenvalue weighted by atomic mass is 10.1. The Morgan fingerprint density at radius 1 is 1.38 bits per heavy atom. The van der Waals surface area contributed by atoms with Crippen LogP contribution in [-0.4, -0.2) is 70.0 Å². The van der Waals surface area contributed by atoms with Gasteiger partial charge in [0.05, 0.1) is 41.0 Å². The summed E-state index contributed by atoms with van der Waals surface area (Å²) in [7, 11) is 0. The predicted octanol–water partition coefficient (Wildman–Crippen LogP) is 2.25. The highest BCUT2D eigenvalue weighted by atomic mass is 35.5. The third kappa shape index (κ3) is 4.46. The minimum Gasteiger partial charge on any atom is -0.488 e. The summed E-state index contributed by atoms with van der Waals surface area (Å²) < 4.78 is 19.9. The van der Waals surface area contributed by atoms with Crippen LogP contribution in [0, 0.1) is 25.1 Å². The fourth-order valence-corrected chi connectivity index (χ4v) is 4.20. The molecule has 1 aromatic heterocycles. The first kappa shape index (κ1) is 22.6. The first-order valence-corrected chi connectivity index (χ1v) is 10.8. The number of nitrogens with one attached hydrogen (secondary N) is 2. The molecule has 2 fully saturated rings. The number of benzene rings is 1. The number of carbonyl (C=O) groups excluding carboxylic acids is 1. The third-order valence-corrected chi connectivity index (χ3v) is 6.40. The lowest BCUT2D eigenvalue weighted by molar-refractivity contribution is 0.0787. The molecule has 4 rings (SSSR count). The average molecular weight is 462 g/mol. The van der Waals surface area contributed by atoms with Crippen LogP contribution < -0.4 is 10.1 Å². The molecule has 0 radical (unpaired) electrons. The Hall–Kier alpha value is -2.62. The van der Waals surface area contributed by atoms with Crippen molar-refractivity contribution in [2.24, 2.45) is 0 Å². The quantitative estimate of drug-likeness (QED) is 0.629. The molecule has 32 heavy (non-hydrogen) atoms. The molecule has 2 aliphatic heterocycles. The molecule has 3 atom stereocenters. The molecule has 0 bridgehead atoms. The number of aryl methyl sites for hydroxylation is 2. The summed E-state index contributed by atoms with van der Waals surface area (Å²) in [6.45, 7) is 4.41. The van der Waals surface area contributed by atoms with Crippen LogP contribution in [0.4, 0.5) is 4.39 Å². The standard InChI is InChI=1S/C22H25ClFN5O3/c1-11-20(23)12(2)28-21(27-11)17-8-29(9-18(17)25)22(31)16-4-3-13(24)5-19(16)32-15-6-14(10-30)26-7-15/h3-5,14-15,17,25-26,30H,6-10H2,1-2H3. The van der Waals surface area contributed by atoms with Gasteiger partial charge in [0.1, 0.15) is 23.5 Å².